The van der Waals surface area contributed by atoms with Crippen LogP contribution in [0.4, 0.5) is 5.69 Å². The third-order valence-corrected chi connectivity index (χ3v) is 5.44. The van der Waals surface area contributed by atoms with Crippen molar-refractivity contribution in [2.75, 3.05) is 5.32 Å². The molecular weight excluding hydrogens is 407 g/mol. The van der Waals surface area contributed by atoms with Crippen molar-refractivity contribution in [3.05, 3.63) is 64.1 Å². The largest absolute Gasteiger partial charge is 0.326 e. The highest BCUT2D eigenvalue weighted by molar-refractivity contribution is 8.15. The van der Waals surface area contributed by atoms with Gasteiger partial charge in [-0.1, -0.05) is 65.3 Å². The Hall–Kier alpha value is -2.35. The van der Waals surface area contributed by atoms with Gasteiger partial charge in [0.05, 0.1) is 16.3 Å². The number of nitrogens with one attached hydrogen (secondary N) is 2. The molecule has 0 aromatic heterocycles. The molecule has 6 nitrogen and oxygen atoms in total. The Morgan fingerprint density at radius 3 is 2.74 bits per heavy atom. The Morgan fingerprint density at radius 2 is 1.96 bits per heavy atom. The number of benzene rings is 2. The number of hydrogen-bond acceptors (Lipinski definition) is 5. The minimum atomic E-state index is -0.558. The van der Waals surface area contributed by atoms with Gasteiger partial charge in [0, 0.05) is 17.7 Å². The monoisotopic (exact) mass is 420 g/mol. The molecule has 27 heavy (non-hydrogen) atoms. The molecule has 0 saturated carbocycles. The summed E-state index contributed by atoms with van der Waals surface area (Å²) in [4.78, 5) is 24.1. The highest BCUT2D eigenvalue weighted by Crippen LogP contribution is 2.25. The van der Waals surface area contributed by atoms with Crippen molar-refractivity contribution in [2.24, 2.45) is 10.2 Å². The van der Waals surface area contributed by atoms with Crippen molar-refractivity contribution < 1.29 is 9.59 Å². The molecule has 2 aromatic rings. The molecule has 0 radical (unpaired) electrons. The maximum Gasteiger partial charge on any atom is 0.240 e. The third-order valence-electron chi connectivity index (χ3n) is 3.53. The molecule has 1 heterocycles. The smallest absolute Gasteiger partial charge is 0.240 e. The number of rotatable bonds is 5. The number of amides is 2. The van der Waals surface area contributed by atoms with Gasteiger partial charge in [0.2, 0.25) is 11.8 Å². The van der Waals surface area contributed by atoms with Crippen molar-refractivity contribution >= 4 is 63.8 Å². The Kier molecular flexibility index (Phi) is 6.49. The van der Waals surface area contributed by atoms with E-state index in [4.69, 9.17) is 23.2 Å². The Balaban J connectivity index is 1.58. The van der Waals surface area contributed by atoms with Crippen LogP contribution >= 0.6 is 35.0 Å². The first-order chi connectivity index (χ1) is 13.0. The van der Waals surface area contributed by atoms with Gasteiger partial charge in [0.1, 0.15) is 5.25 Å². The van der Waals surface area contributed by atoms with E-state index in [0.29, 0.717) is 26.5 Å². The molecule has 9 heteroatoms. The van der Waals surface area contributed by atoms with Crippen molar-refractivity contribution in [1.82, 2.24) is 5.32 Å². The van der Waals surface area contributed by atoms with Crippen LogP contribution in [0.3, 0.4) is 0 Å². The fourth-order valence-corrected chi connectivity index (χ4v) is 3.53. The summed E-state index contributed by atoms with van der Waals surface area (Å²) in [6.45, 7) is 0. The first-order valence-electron chi connectivity index (χ1n) is 7.90. The lowest BCUT2D eigenvalue weighted by molar-refractivity contribution is -0.122. The van der Waals surface area contributed by atoms with E-state index in [1.54, 1.807) is 30.3 Å². The van der Waals surface area contributed by atoms with Crippen LogP contribution in [0.5, 0.6) is 0 Å². The van der Waals surface area contributed by atoms with E-state index in [2.05, 4.69) is 20.8 Å². The van der Waals surface area contributed by atoms with Crippen LogP contribution in [-0.4, -0.2) is 28.4 Å². The second-order valence-corrected chi connectivity index (χ2v) is 7.48. The van der Waals surface area contributed by atoms with Crippen LogP contribution in [-0.2, 0) is 9.59 Å². The van der Waals surface area contributed by atoms with E-state index in [9.17, 15) is 9.59 Å². The zero-order valence-electron chi connectivity index (χ0n) is 13.9. The molecule has 0 spiro atoms. The summed E-state index contributed by atoms with van der Waals surface area (Å²) >= 11 is 13.2. The molecule has 138 valence electrons. The second kappa shape index (κ2) is 9.03. The first kappa shape index (κ1) is 19.4. The van der Waals surface area contributed by atoms with Gasteiger partial charge >= 0.3 is 0 Å². The number of anilines is 1. The lowest BCUT2D eigenvalue weighted by Crippen LogP contribution is -2.28. The summed E-state index contributed by atoms with van der Waals surface area (Å²) in [5, 5.41) is 13.8. The van der Waals surface area contributed by atoms with E-state index < -0.39 is 5.25 Å². The Labute approximate surface area is 170 Å². The zero-order valence-corrected chi connectivity index (χ0v) is 16.2. The standard InChI is InChI=1S/C18H14Cl2N4O2S/c19-13-8-4-5-11(16(13)20)10-21-24-18-23-17(26)14(27-18)9-15(25)22-12-6-2-1-3-7-12/h1-8,10,14H,9H2,(H,22,25)(H,23,24,26)/b21-10-/t14-/m0/s1. The van der Waals surface area contributed by atoms with Crippen LogP contribution in [0.1, 0.15) is 12.0 Å². The normalized spacial score (nSPS) is 18.1. The molecule has 1 fully saturated rings. The number of carbonyl (C=O) groups is 2. The quantitative estimate of drug-likeness (QED) is 0.567. The topological polar surface area (TPSA) is 82.9 Å². The molecule has 1 saturated heterocycles. The van der Waals surface area contributed by atoms with Crippen molar-refractivity contribution in [3.8, 4) is 0 Å². The number of nitrogens with zero attached hydrogens (tertiary/aromatic N) is 2. The number of carbonyl (C=O) groups excluding carboxylic acids is 2. The number of amidine groups is 1. The van der Waals surface area contributed by atoms with Crippen LogP contribution in [0.25, 0.3) is 0 Å². The van der Waals surface area contributed by atoms with Crippen LogP contribution in [0.2, 0.25) is 10.0 Å². The predicted molar refractivity (Wildman–Crippen MR) is 111 cm³/mol. The zero-order chi connectivity index (χ0) is 19.2. The van der Waals surface area contributed by atoms with E-state index in [0.717, 1.165) is 11.8 Å². The molecule has 2 N–H and O–H groups in total. The average Bonchev–Trinajstić information content (AvgIpc) is 2.99. The predicted octanol–water partition coefficient (Wildman–Crippen LogP) is 3.94. The molecule has 0 bridgehead atoms. The molecule has 1 atom stereocenters. The molecular formula is C18H14Cl2N4O2S. The highest BCUT2D eigenvalue weighted by atomic mass is 35.5. The van der Waals surface area contributed by atoms with Gasteiger partial charge in [-0.2, -0.15) is 5.10 Å². The number of halogens is 2. The summed E-state index contributed by atoms with van der Waals surface area (Å²) in [7, 11) is 0. The maximum absolute atomic E-state index is 12.1. The summed E-state index contributed by atoms with van der Waals surface area (Å²) in [5.41, 5.74) is 1.30. The summed E-state index contributed by atoms with van der Waals surface area (Å²) in [6.07, 6.45) is 1.48. The number of thioether (sulfide) groups is 1. The minimum Gasteiger partial charge on any atom is -0.326 e. The van der Waals surface area contributed by atoms with Gasteiger partial charge in [-0.15, -0.1) is 5.10 Å². The maximum atomic E-state index is 12.1. The van der Waals surface area contributed by atoms with Gasteiger partial charge in [-0.05, 0) is 18.2 Å². The number of hydrogen-bond donors (Lipinski definition) is 2. The lowest BCUT2D eigenvalue weighted by Gasteiger charge is -2.06. The highest BCUT2D eigenvalue weighted by Gasteiger charge is 2.32. The second-order valence-electron chi connectivity index (χ2n) is 5.51. The van der Waals surface area contributed by atoms with Gasteiger partial charge in [-0.3, -0.25) is 9.59 Å². The molecule has 1 aliphatic heterocycles. The van der Waals surface area contributed by atoms with Crippen molar-refractivity contribution in [2.45, 2.75) is 11.7 Å². The van der Waals surface area contributed by atoms with E-state index in [1.807, 2.05) is 18.2 Å². The van der Waals surface area contributed by atoms with Gasteiger partial charge in [0.15, 0.2) is 5.17 Å². The minimum absolute atomic E-state index is 0.0360. The fraction of sp³-hybridized carbons (Fsp3) is 0.111. The first-order valence-corrected chi connectivity index (χ1v) is 9.54. The van der Waals surface area contributed by atoms with Crippen LogP contribution in [0, 0.1) is 0 Å². The lowest BCUT2D eigenvalue weighted by atomic mass is 10.2. The summed E-state index contributed by atoms with van der Waals surface area (Å²) < 4.78 is 0. The van der Waals surface area contributed by atoms with Gasteiger partial charge < -0.3 is 10.6 Å². The molecule has 2 aromatic carbocycles. The average molecular weight is 421 g/mol. The van der Waals surface area contributed by atoms with Crippen LogP contribution in [0.15, 0.2) is 58.7 Å². The molecule has 3 rings (SSSR count). The van der Waals surface area contributed by atoms with Gasteiger partial charge in [-0.25, -0.2) is 0 Å². The molecule has 2 amide bonds. The van der Waals surface area contributed by atoms with E-state index >= 15 is 0 Å². The fourth-order valence-electron chi connectivity index (χ4n) is 2.25. The molecule has 1 aliphatic rings. The SMILES string of the molecule is O=C(C[C@@H]1S/C(=N\N=C/c2cccc(Cl)c2Cl)NC1=O)Nc1ccccc1. The van der Waals surface area contributed by atoms with E-state index in [1.165, 1.54) is 6.21 Å². The van der Waals surface area contributed by atoms with E-state index in [-0.39, 0.29) is 18.2 Å². The molecule has 0 aliphatic carbocycles. The van der Waals surface area contributed by atoms with Gasteiger partial charge in [0.25, 0.3) is 0 Å². The number of para-hydroxylation sites is 1. The van der Waals surface area contributed by atoms with Crippen molar-refractivity contribution in [3.63, 3.8) is 0 Å². The Morgan fingerprint density at radius 1 is 1.19 bits per heavy atom. The molecule has 0 unspecified atom stereocenters. The Bertz CT molecular complexity index is 919. The summed E-state index contributed by atoms with van der Waals surface area (Å²) in [6, 6.07) is 14.2. The third kappa shape index (κ3) is 5.32. The summed E-state index contributed by atoms with van der Waals surface area (Å²) in [5.74, 6) is -0.526. The van der Waals surface area contributed by atoms with Crippen molar-refractivity contribution in [1.29, 1.82) is 0 Å². The van der Waals surface area contributed by atoms with Crippen LogP contribution < -0.4 is 10.6 Å².